The first-order valence-corrected chi connectivity index (χ1v) is 5.97. The van der Waals surface area contributed by atoms with E-state index >= 15 is 0 Å². The van der Waals surface area contributed by atoms with E-state index in [0.717, 1.165) is 18.5 Å². The first kappa shape index (κ1) is 9.06. The third-order valence-corrected chi connectivity index (χ3v) is 3.26. The van der Waals surface area contributed by atoms with Crippen molar-refractivity contribution in [2.24, 2.45) is 0 Å². The van der Waals surface area contributed by atoms with Gasteiger partial charge in [-0.2, -0.15) is 16.3 Å². The van der Waals surface area contributed by atoms with Crippen LogP contribution >= 0.6 is 11.3 Å². The second-order valence-corrected chi connectivity index (χ2v) is 4.40. The Bertz CT molecular complexity index is 431. The van der Waals surface area contributed by atoms with E-state index in [2.05, 4.69) is 15.5 Å². The summed E-state index contributed by atoms with van der Waals surface area (Å²) in [4.78, 5) is 4.40. The minimum atomic E-state index is 0.255. The Hall–Kier alpha value is -1.20. The summed E-state index contributed by atoms with van der Waals surface area (Å²) in [6.45, 7) is 1.04. The molecule has 1 saturated heterocycles. The number of rotatable bonds is 2. The summed E-state index contributed by atoms with van der Waals surface area (Å²) in [7, 11) is 0. The van der Waals surface area contributed by atoms with Crippen molar-refractivity contribution >= 4 is 11.3 Å². The first-order valence-electron chi connectivity index (χ1n) is 5.03. The van der Waals surface area contributed by atoms with Crippen molar-refractivity contribution in [3.05, 3.63) is 22.7 Å². The Morgan fingerprint density at radius 1 is 1.53 bits per heavy atom. The Morgan fingerprint density at radius 2 is 2.53 bits per heavy atom. The average Bonchev–Trinajstić information content (AvgIpc) is 3.02. The molecule has 2 aromatic heterocycles. The highest BCUT2D eigenvalue weighted by Crippen LogP contribution is 2.24. The van der Waals surface area contributed by atoms with Crippen LogP contribution in [0.4, 0.5) is 0 Å². The van der Waals surface area contributed by atoms with Crippen LogP contribution in [0.3, 0.4) is 0 Å². The lowest BCUT2D eigenvalue weighted by atomic mass is 10.2. The van der Waals surface area contributed by atoms with E-state index in [0.29, 0.717) is 11.7 Å². The highest BCUT2D eigenvalue weighted by Gasteiger charge is 2.22. The van der Waals surface area contributed by atoms with Gasteiger partial charge in [-0.3, -0.25) is 0 Å². The molecule has 78 valence electrons. The molecule has 0 aliphatic carbocycles. The molecule has 1 fully saturated rings. The number of hydrogen-bond acceptors (Lipinski definition) is 5. The monoisotopic (exact) mass is 221 g/mol. The molecule has 3 heterocycles. The van der Waals surface area contributed by atoms with Crippen LogP contribution in [0.1, 0.15) is 24.8 Å². The molecule has 1 N–H and O–H groups in total. The molecule has 0 bridgehead atoms. The molecule has 15 heavy (non-hydrogen) atoms. The predicted molar refractivity (Wildman–Crippen MR) is 57.6 cm³/mol. The Balaban J connectivity index is 1.87. The third kappa shape index (κ3) is 1.68. The number of hydrogen-bond donors (Lipinski definition) is 1. The molecule has 1 aliphatic heterocycles. The van der Waals surface area contributed by atoms with Crippen molar-refractivity contribution in [2.45, 2.75) is 18.9 Å². The summed E-state index contributed by atoms with van der Waals surface area (Å²) in [6.07, 6.45) is 2.27. The van der Waals surface area contributed by atoms with E-state index in [1.54, 1.807) is 11.3 Å². The van der Waals surface area contributed by atoms with E-state index in [1.807, 2.05) is 16.8 Å². The number of aromatic nitrogens is 2. The predicted octanol–water partition coefficient (Wildman–Crippen LogP) is 2.22. The van der Waals surface area contributed by atoms with Gasteiger partial charge in [0.2, 0.25) is 11.7 Å². The van der Waals surface area contributed by atoms with Gasteiger partial charge in [0.15, 0.2) is 0 Å². The maximum absolute atomic E-state index is 5.25. The van der Waals surface area contributed by atoms with Gasteiger partial charge < -0.3 is 9.84 Å². The van der Waals surface area contributed by atoms with Crippen molar-refractivity contribution in [1.82, 2.24) is 15.5 Å². The molecule has 5 heteroatoms. The van der Waals surface area contributed by atoms with Crippen molar-refractivity contribution in [3.63, 3.8) is 0 Å². The molecule has 0 radical (unpaired) electrons. The topological polar surface area (TPSA) is 51.0 Å². The van der Waals surface area contributed by atoms with Gasteiger partial charge in [-0.1, -0.05) is 5.16 Å². The van der Waals surface area contributed by atoms with E-state index in [1.165, 1.54) is 6.42 Å². The van der Waals surface area contributed by atoms with Gasteiger partial charge in [0.1, 0.15) is 0 Å². The number of nitrogens with one attached hydrogen (secondary N) is 1. The Labute approximate surface area is 91.3 Å². The van der Waals surface area contributed by atoms with Gasteiger partial charge in [-0.25, -0.2) is 0 Å². The van der Waals surface area contributed by atoms with E-state index in [-0.39, 0.29) is 6.04 Å². The van der Waals surface area contributed by atoms with Crippen molar-refractivity contribution in [2.75, 3.05) is 6.54 Å². The summed E-state index contributed by atoms with van der Waals surface area (Å²) >= 11 is 1.64. The molecule has 3 rings (SSSR count). The second-order valence-electron chi connectivity index (χ2n) is 3.62. The summed E-state index contributed by atoms with van der Waals surface area (Å²) in [5.41, 5.74) is 1.04. The molecule has 2 aromatic rings. The first-order chi connectivity index (χ1) is 7.43. The zero-order valence-electron chi connectivity index (χ0n) is 8.14. The minimum Gasteiger partial charge on any atom is -0.337 e. The van der Waals surface area contributed by atoms with E-state index < -0.39 is 0 Å². The average molecular weight is 221 g/mol. The summed E-state index contributed by atoms with van der Waals surface area (Å²) in [5.74, 6) is 1.41. The fraction of sp³-hybridized carbons (Fsp3) is 0.400. The zero-order chi connectivity index (χ0) is 10.1. The minimum absolute atomic E-state index is 0.255. The fourth-order valence-corrected chi connectivity index (χ4v) is 2.42. The molecule has 1 aliphatic rings. The lowest BCUT2D eigenvalue weighted by molar-refractivity contribution is 0.345. The molecule has 0 amide bonds. The highest BCUT2D eigenvalue weighted by atomic mass is 32.1. The Kier molecular flexibility index (Phi) is 2.26. The molecule has 4 nitrogen and oxygen atoms in total. The van der Waals surface area contributed by atoms with Gasteiger partial charge in [-0.15, -0.1) is 0 Å². The largest absolute Gasteiger partial charge is 0.337 e. The van der Waals surface area contributed by atoms with Crippen LogP contribution in [0.5, 0.6) is 0 Å². The van der Waals surface area contributed by atoms with Gasteiger partial charge in [-0.05, 0) is 30.8 Å². The molecular weight excluding hydrogens is 210 g/mol. The lowest BCUT2D eigenvalue weighted by Gasteiger charge is -2.01. The normalized spacial score (nSPS) is 20.9. The van der Waals surface area contributed by atoms with Crippen molar-refractivity contribution in [3.8, 4) is 11.4 Å². The molecule has 1 atom stereocenters. The van der Waals surface area contributed by atoms with E-state index in [9.17, 15) is 0 Å². The SMILES string of the molecule is c1cc(-c2noc([C@H]3CCCN3)n2)cs1. The van der Waals surface area contributed by atoms with Gasteiger partial charge in [0, 0.05) is 10.9 Å². The van der Waals surface area contributed by atoms with Gasteiger partial charge >= 0.3 is 0 Å². The summed E-state index contributed by atoms with van der Waals surface area (Å²) in [5, 5.41) is 11.4. The maximum Gasteiger partial charge on any atom is 0.244 e. The molecule has 0 unspecified atom stereocenters. The van der Waals surface area contributed by atoms with Crippen molar-refractivity contribution < 1.29 is 4.52 Å². The number of thiophene rings is 1. The molecule has 0 spiro atoms. The summed E-state index contributed by atoms with van der Waals surface area (Å²) < 4.78 is 5.25. The maximum atomic E-state index is 5.25. The van der Waals surface area contributed by atoms with Crippen LogP contribution in [0.2, 0.25) is 0 Å². The standard InChI is InChI=1S/C10H11N3OS/c1-2-8(11-4-1)10-12-9(13-14-10)7-3-5-15-6-7/h3,5-6,8,11H,1-2,4H2/t8-/m1/s1. The van der Waals surface area contributed by atoms with Crippen LogP contribution in [0, 0.1) is 0 Å². The zero-order valence-corrected chi connectivity index (χ0v) is 8.96. The van der Waals surface area contributed by atoms with Crippen LogP contribution < -0.4 is 5.32 Å². The van der Waals surface area contributed by atoms with Crippen LogP contribution in [-0.4, -0.2) is 16.7 Å². The quantitative estimate of drug-likeness (QED) is 0.844. The lowest BCUT2D eigenvalue weighted by Crippen LogP contribution is -2.12. The molecular formula is C10H11N3OS. The van der Waals surface area contributed by atoms with Gasteiger partial charge in [0.25, 0.3) is 0 Å². The summed E-state index contributed by atoms with van der Waals surface area (Å²) in [6, 6.07) is 2.26. The van der Waals surface area contributed by atoms with E-state index in [4.69, 9.17) is 4.52 Å². The van der Waals surface area contributed by atoms with Gasteiger partial charge in [0.05, 0.1) is 6.04 Å². The fourth-order valence-electron chi connectivity index (χ4n) is 1.78. The third-order valence-electron chi connectivity index (χ3n) is 2.58. The van der Waals surface area contributed by atoms with Crippen molar-refractivity contribution in [1.29, 1.82) is 0 Å². The second kappa shape index (κ2) is 3.75. The molecule has 0 aromatic carbocycles. The van der Waals surface area contributed by atoms with Crippen LogP contribution in [0.15, 0.2) is 21.3 Å². The van der Waals surface area contributed by atoms with Crippen LogP contribution in [0.25, 0.3) is 11.4 Å². The smallest absolute Gasteiger partial charge is 0.244 e. The number of nitrogens with zero attached hydrogens (tertiary/aromatic N) is 2. The van der Waals surface area contributed by atoms with Crippen LogP contribution in [-0.2, 0) is 0 Å². The molecule has 0 saturated carbocycles. The Morgan fingerprint density at radius 3 is 3.27 bits per heavy atom. The highest BCUT2D eigenvalue weighted by molar-refractivity contribution is 7.08.